The molecule has 7 heteroatoms. The van der Waals surface area contributed by atoms with Gasteiger partial charge in [-0.15, -0.1) is 0 Å². The van der Waals surface area contributed by atoms with Crippen LogP contribution in [0.25, 0.3) is 0 Å². The number of methoxy groups -OCH3 is 1. The lowest BCUT2D eigenvalue weighted by molar-refractivity contribution is 0.414. The fraction of sp³-hybridized carbons (Fsp3) is 0.0400. The summed E-state index contributed by atoms with van der Waals surface area (Å²) in [6.45, 7) is 0. The fourth-order valence-corrected chi connectivity index (χ4v) is 5.75. The van der Waals surface area contributed by atoms with Gasteiger partial charge in [-0.25, -0.2) is 17.6 Å². The molecule has 0 saturated heterocycles. The SMILES string of the molecule is COc1ccc(Nc2c(F)c(F)c(F)c(F)c2P(c2ccccc2)c2ccccc2)cc1. The molecule has 0 heterocycles. The normalized spacial score (nSPS) is 10.9. The number of nitrogens with one attached hydrogen (secondary N) is 1. The summed E-state index contributed by atoms with van der Waals surface area (Å²) < 4.78 is 64.2. The molecule has 1 N–H and O–H groups in total. The minimum absolute atomic E-state index is 0.260. The van der Waals surface area contributed by atoms with Crippen LogP contribution >= 0.6 is 7.92 Å². The maximum atomic E-state index is 15.3. The van der Waals surface area contributed by atoms with Crippen molar-refractivity contribution in [2.45, 2.75) is 0 Å². The average Bonchev–Trinajstić information content (AvgIpc) is 2.85. The largest absolute Gasteiger partial charge is 0.497 e. The smallest absolute Gasteiger partial charge is 0.199 e. The summed E-state index contributed by atoms with van der Waals surface area (Å²) in [6.07, 6.45) is 0. The van der Waals surface area contributed by atoms with E-state index in [1.54, 1.807) is 84.9 Å². The minimum Gasteiger partial charge on any atom is -0.497 e. The van der Waals surface area contributed by atoms with E-state index >= 15 is 8.78 Å². The van der Waals surface area contributed by atoms with Gasteiger partial charge in [0, 0.05) is 5.69 Å². The lowest BCUT2D eigenvalue weighted by Gasteiger charge is -2.24. The Labute approximate surface area is 184 Å². The first-order valence-electron chi connectivity index (χ1n) is 9.68. The van der Waals surface area contributed by atoms with Crippen LogP contribution in [0.2, 0.25) is 0 Å². The zero-order chi connectivity index (χ0) is 22.7. The molecule has 0 spiro atoms. The molecular formula is C25H18F4NOP. The number of rotatable bonds is 6. The van der Waals surface area contributed by atoms with Gasteiger partial charge in [-0.2, -0.15) is 0 Å². The Hall–Kier alpha value is -3.37. The van der Waals surface area contributed by atoms with Crippen molar-refractivity contribution in [2.24, 2.45) is 0 Å². The van der Waals surface area contributed by atoms with E-state index in [2.05, 4.69) is 5.32 Å². The molecule has 0 fully saturated rings. The lowest BCUT2D eigenvalue weighted by atomic mass is 10.2. The Bertz CT molecular complexity index is 1180. The van der Waals surface area contributed by atoms with Gasteiger partial charge >= 0.3 is 0 Å². The van der Waals surface area contributed by atoms with Gasteiger partial charge in [-0.1, -0.05) is 60.7 Å². The van der Waals surface area contributed by atoms with Crippen LogP contribution < -0.4 is 26.0 Å². The van der Waals surface area contributed by atoms with Gasteiger partial charge in [-0.3, -0.25) is 0 Å². The van der Waals surface area contributed by atoms with Crippen molar-refractivity contribution in [1.29, 1.82) is 0 Å². The fourth-order valence-electron chi connectivity index (χ4n) is 3.32. The number of hydrogen-bond donors (Lipinski definition) is 1. The topological polar surface area (TPSA) is 21.3 Å². The van der Waals surface area contributed by atoms with E-state index in [4.69, 9.17) is 4.74 Å². The first kappa shape index (κ1) is 21.8. The summed E-state index contributed by atoms with van der Waals surface area (Å²) in [6, 6.07) is 24.1. The van der Waals surface area contributed by atoms with E-state index in [9.17, 15) is 8.78 Å². The molecule has 0 saturated carbocycles. The summed E-state index contributed by atoms with van der Waals surface area (Å²) in [5, 5.41) is 3.83. The van der Waals surface area contributed by atoms with Crippen molar-refractivity contribution < 1.29 is 22.3 Å². The third-order valence-corrected chi connectivity index (χ3v) is 7.35. The highest BCUT2D eigenvalue weighted by Gasteiger charge is 2.31. The van der Waals surface area contributed by atoms with Gasteiger partial charge in [0.2, 0.25) is 0 Å². The molecule has 162 valence electrons. The molecule has 0 aliphatic carbocycles. The monoisotopic (exact) mass is 455 g/mol. The van der Waals surface area contributed by atoms with E-state index < -0.39 is 36.9 Å². The van der Waals surface area contributed by atoms with Crippen LogP contribution in [0.15, 0.2) is 84.9 Å². The van der Waals surface area contributed by atoms with Crippen molar-refractivity contribution in [3.05, 3.63) is 108 Å². The highest BCUT2D eigenvalue weighted by molar-refractivity contribution is 7.80. The number of benzene rings is 4. The van der Waals surface area contributed by atoms with Crippen LogP contribution in [0.4, 0.5) is 28.9 Å². The Morgan fingerprint density at radius 2 is 1.12 bits per heavy atom. The van der Waals surface area contributed by atoms with Gasteiger partial charge < -0.3 is 10.1 Å². The highest BCUT2D eigenvalue weighted by atomic mass is 31.1. The summed E-state index contributed by atoms with van der Waals surface area (Å²) in [5.74, 6) is -6.04. The molecule has 4 aromatic carbocycles. The molecular weight excluding hydrogens is 437 g/mol. The van der Waals surface area contributed by atoms with Gasteiger partial charge in [0.05, 0.1) is 18.1 Å². The summed E-state index contributed by atoms with van der Waals surface area (Å²) >= 11 is 0. The number of hydrogen-bond acceptors (Lipinski definition) is 2. The maximum Gasteiger partial charge on any atom is 0.199 e. The molecule has 0 radical (unpaired) electrons. The zero-order valence-electron chi connectivity index (χ0n) is 17.0. The number of ether oxygens (including phenoxy) is 1. The third kappa shape index (κ3) is 4.19. The van der Waals surface area contributed by atoms with E-state index in [1.807, 2.05) is 0 Å². The van der Waals surface area contributed by atoms with Crippen LogP contribution in [0.1, 0.15) is 0 Å². The summed E-state index contributed by atoms with van der Waals surface area (Å²) in [7, 11) is -0.249. The summed E-state index contributed by atoms with van der Waals surface area (Å²) in [4.78, 5) is 0. The van der Waals surface area contributed by atoms with Gasteiger partial charge in [0.25, 0.3) is 0 Å². The van der Waals surface area contributed by atoms with Crippen LogP contribution in [0.3, 0.4) is 0 Å². The molecule has 0 aliphatic heterocycles. The van der Waals surface area contributed by atoms with Gasteiger partial charge in [-0.05, 0) is 42.8 Å². The van der Waals surface area contributed by atoms with E-state index in [0.717, 1.165) is 0 Å². The van der Waals surface area contributed by atoms with Crippen LogP contribution in [-0.2, 0) is 0 Å². The molecule has 0 amide bonds. The Kier molecular flexibility index (Phi) is 6.42. The Balaban J connectivity index is 1.96. The van der Waals surface area contributed by atoms with Gasteiger partial charge in [0.15, 0.2) is 23.3 Å². The minimum atomic E-state index is -1.86. The van der Waals surface area contributed by atoms with Crippen molar-refractivity contribution in [1.82, 2.24) is 0 Å². The molecule has 0 unspecified atom stereocenters. The second-order valence-electron chi connectivity index (χ2n) is 6.84. The number of anilines is 2. The first-order valence-corrected chi connectivity index (χ1v) is 11.0. The summed E-state index contributed by atoms with van der Waals surface area (Å²) in [5.41, 5.74) is -0.0715. The predicted molar refractivity (Wildman–Crippen MR) is 121 cm³/mol. The molecule has 0 atom stereocenters. The Morgan fingerprint density at radius 3 is 1.62 bits per heavy atom. The quantitative estimate of drug-likeness (QED) is 0.173. The maximum absolute atomic E-state index is 15.3. The second kappa shape index (κ2) is 9.41. The molecule has 0 aromatic heterocycles. The predicted octanol–water partition coefficient (Wildman–Crippen LogP) is 5.75. The van der Waals surface area contributed by atoms with E-state index in [-0.39, 0.29) is 5.30 Å². The second-order valence-corrected chi connectivity index (χ2v) is 8.99. The molecule has 0 bridgehead atoms. The number of halogens is 4. The van der Waals surface area contributed by atoms with Crippen molar-refractivity contribution >= 4 is 35.2 Å². The standard InChI is InChI=1S/C25H18F4NOP/c1-31-17-14-12-16(13-15-17)30-24-22(28)20(26)21(27)23(29)25(24)32(18-8-4-2-5-9-18)19-10-6-3-7-11-19/h2-15,30H,1H3. The van der Waals surface area contributed by atoms with E-state index in [0.29, 0.717) is 22.0 Å². The molecule has 0 aliphatic rings. The van der Waals surface area contributed by atoms with Gasteiger partial charge in [0.1, 0.15) is 5.75 Å². The average molecular weight is 455 g/mol. The lowest BCUT2D eigenvalue weighted by Crippen LogP contribution is -2.28. The van der Waals surface area contributed by atoms with Crippen molar-refractivity contribution in [2.75, 3.05) is 12.4 Å². The van der Waals surface area contributed by atoms with Crippen LogP contribution in [0, 0.1) is 23.3 Å². The van der Waals surface area contributed by atoms with Crippen LogP contribution in [0.5, 0.6) is 5.75 Å². The van der Waals surface area contributed by atoms with Crippen molar-refractivity contribution in [3.8, 4) is 5.75 Å². The Morgan fingerprint density at radius 1 is 0.625 bits per heavy atom. The van der Waals surface area contributed by atoms with Crippen molar-refractivity contribution in [3.63, 3.8) is 0 Å². The highest BCUT2D eigenvalue weighted by Crippen LogP contribution is 2.40. The first-order chi connectivity index (χ1) is 15.5. The third-order valence-electron chi connectivity index (χ3n) is 4.85. The molecule has 4 aromatic rings. The van der Waals surface area contributed by atoms with Crippen LogP contribution in [-0.4, -0.2) is 7.11 Å². The molecule has 2 nitrogen and oxygen atoms in total. The zero-order valence-corrected chi connectivity index (χ0v) is 17.8. The molecule has 32 heavy (non-hydrogen) atoms. The van der Waals surface area contributed by atoms with E-state index in [1.165, 1.54) is 7.11 Å². The molecule has 4 rings (SSSR count).